The van der Waals surface area contributed by atoms with Crippen LogP contribution in [0.5, 0.6) is 0 Å². The molecular weight excluding hydrogens is 395 g/mol. The van der Waals surface area contributed by atoms with Crippen LogP contribution in [-0.4, -0.2) is 73.1 Å². The van der Waals surface area contributed by atoms with Crippen molar-refractivity contribution in [3.63, 3.8) is 0 Å². The minimum Gasteiger partial charge on any atom is -0.355 e. The Labute approximate surface area is 151 Å². The Morgan fingerprint density at radius 2 is 2.14 bits per heavy atom. The Bertz CT molecular complexity index is 338. The zero-order valence-corrected chi connectivity index (χ0v) is 17.0. The van der Waals surface area contributed by atoms with E-state index in [-0.39, 0.29) is 24.0 Å². The van der Waals surface area contributed by atoms with Crippen molar-refractivity contribution >= 4 is 41.7 Å². The number of hydrogen-bond donors (Lipinski definition) is 1. The Kier molecular flexibility index (Phi) is 8.71. The van der Waals surface area contributed by atoms with E-state index in [1.807, 2.05) is 7.05 Å². The second kappa shape index (κ2) is 9.45. The average molecular weight is 426 g/mol. The van der Waals surface area contributed by atoms with E-state index < -0.39 is 0 Å². The summed E-state index contributed by atoms with van der Waals surface area (Å²) in [7, 11) is 4.14. The van der Waals surface area contributed by atoms with Gasteiger partial charge in [0.2, 0.25) is 0 Å². The number of likely N-dealkylation sites (N-methyl/N-ethyl adjacent to an activating group) is 1. The van der Waals surface area contributed by atoms with E-state index >= 15 is 0 Å². The Morgan fingerprint density at radius 3 is 2.71 bits per heavy atom. The lowest BCUT2D eigenvalue weighted by Gasteiger charge is -2.36. The first kappa shape index (κ1) is 19.4. The number of rotatable bonds is 3. The van der Waals surface area contributed by atoms with Crippen molar-refractivity contribution in [1.82, 2.24) is 15.1 Å². The van der Waals surface area contributed by atoms with Gasteiger partial charge in [-0.25, -0.2) is 0 Å². The largest absolute Gasteiger partial charge is 0.355 e. The zero-order chi connectivity index (χ0) is 14.5. The summed E-state index contributed by atoms with van der Waals surface area (Å²) in [5.74, 6) is 3.05. The highest BCUT2D eigenvalue weighted by Crippen LogP contribution is 2.24. The number of likely N-dealkylation sites (tertiary alicyclic amines) is 1. The molecule has 0 amide bonds. The maximum atomic E-state index is 4.50. The molecule has 124 valence electrons. The maximum Gasteiger partial charge on any atom is 0.193 e. The van der Waals surface area contributed by atoms with Crippen LogP contribution in [0.4, 0.5) is 0 Å². The molecule has 21 heavy (non-hydrogen) atoms. The van der Waals surface area contributed by atoms with Gasteiger partial charge in [-0.2, -0.15) is 11.8 Å². The number of aliphatic imine (C=N–C) groups is 1. The molecule has 1 N–H and O–H groups in total. The molecule has 0 spiro atoms. The third-order valence-electron chi connectivity index (χ3n) is 4.52. The van der Waals surface area contributed by atoms with Crippen LogP contribution in [0, 0.1) is 5.92 Å². The lowest BCUT2D eigenvalue weighted by Crippen LogP contribution is -2.51. The molecule has 2 heterocycles. The highest BCUT2D eigenvalue weighted by molar-refractivity contribution is 14.0. The smallest absolute Gasteiger partial charge is 0.193 e. The van der Waals surface area contributed by atoms with Crippen molar-refractivity contribution < 1.29 is 0 Å². The van der Waals surface area contributed by atoms with Crippen molar-refractivity contribution in [2.45, 2.75) is 38.0 Å². The third-order valence-corrected chi connectivity index (χ3v) is 6.06. The van der Waals surface area contributed by atoms with Gasteiger partial charge in [-0.3, -0.25) is 4.99 Å². The molecule has 0 saturated carbocycles. The molecule has 0 aromatic carbocycles. The molecule has 2 fully saturated rings. The van der Waals surface area contributed by atoms with Crippen molar-refractivity contribution in [3.05, 3.63) is 0 Å². The van der Waals surface area contributed by atoms with Crippen LogP contribution in [0.1, 0.15) is 26.7 Å². The van der Waals surface area contributed by atoms with Gasteiger partial charge < -0.3 is 15.1 Å². The van der Waals surface area contributed by atoms with Gasteiger partial charge in [0, 0.05) is 43.7 Å². The van der Waals surface area contributed by atoms with Crippen LogP contribution in [0.3, 0.4) is 0 Å². The van der Waals surface area contributed by atoms with Crippen molar-refractivity contribution in [2.24, 2.45) is 10.9 Å². The van der Waals surface area contributed by atoms with Gasteiger partial charge in [0.25, 0.3) is 0 Å². The Morgan fingerprint density at radius 1 is 1.38 bits per heavy atom. The molecule has 0 bridgehead atoms. The van der Waals surface area contributed by atoms with Crippen molar-refractivity contribution in [3.8, 4) is 0 Å². The van der Waals surface area contributed by atoms with E-state index in [1.165, 1.54) is 25.1 Å². The van der Waals surface area contributed by atoms with Crippen molar-refractivity contribution in [1.29, 1.82) is 0 Å². The third kappa shape index (κ3) is 5.46. The molecule has 2 saturated heterocycles. The highest BCUT2D eigenvalue weighted by Gasteiger charge is 2.26. The summed E-state index contributed by atoms with van der Waals surface area (Å²) in [5.41, 5.74) is 0. The molecule has 2 unspecified atom stereocenters. The van der Waals surface area contributed by atoms with Crippen LogP contribution in [0.15, 0.2) is 4.99 Å². The molecule has 4 nitrogen and oxygen atoms in total. The molecule has 2 aliphatic heterocycles. The summed E-state index contributed by atoms with van der Waals surface area (Å²) < 4.78 is 0. The molecule has 6 heteroatoms. The minimum atomic E-state index is 0. The van der Waals surface area contributed by atoms with E-state index in [4.69, 9.17) is 0 Å². The molecule has 2 aliphatic rings. The number of nitrogens with zero attached hydrogens (tertiary/aromatic N) is 3. The van der Waals surface area contributed by atoms with Crippen LogP contribution in [-0.2, 0) is 0 Å². The summed E-state index contributed by atoms with van der Waals surface area (Å²) in [5, 5.41) is 4.33. The Hall–Kier alpha value is 0.310. The molecular formula is C15H31IN4S. The topological polar surface area (TPSA) is 30.9 Å². The van der Waals surface area contributed by atoms with Gasteiger partial charge >= 0.3 is 0 Å². The number of halogens is 1. The summed E-state index contributed by atoms with van der Waals surface area (Å²) >= 11 is 2.11. The lowest BCUT2D eigenvalue weighted by molar-refractivity contribution is 0.304. The second-order valence-electron chi connectivity index (χ2n) is 6.30. The lowest BCUT2D eigenvalue weighted by atomic mass is 10.1. The SMILES string of the molecule is CN=C(NCC1CCCN1C)N1CCSC(C(C)C)C1.I. The molecule has 0 aliphatic carbocycles. The second-order valence-corrected chi connectivity index (χ2v) is 7.65. The van der Waals surface area contributed by atoms with E-state index in [0.29, 0.717) is 6.04 Å². The summed E-state index contributed by atoms with van der Waals surface area (Å²) in [4.78, 5) is 9.40. The summed E-state index contributed by atoms with van der Waals surface area (Å²) in [6.07, 6.45) is 2.64. The first-order valence-electron chi connectivity index (χ1n) is 7.89. The van der Waals surface area contributed by atoms with Crippen LogP contribution >= 0.6 is 35.7 Å². The van der Waals surface area contributed by atoms with Crippen molar-refractivity contribution in [2.75, 3.05) is 46.0 Å². The zero-order valence-electron chi connectivity index (χ0n) is 13.8. The highest BCUT2D eigenvalue weighted by atomic mass is 127. The molecule has 0 radical (unpaired) electrons. The number of hydrogen-bond acceptors (Lipinski definition) is 3. The van der Waals surface area contributed by atoms with Crippen LogP contribution in [0.2, 0.25) is 0 Å². The predicted octanol–water partition coefficient (Wildman–Crippen LogP) is 2.35. The van der Waals surface area contributed by atoms with Gasteiger partial charge in [0.1, 0.15) is 0 Å². The van der Waals surface area contributed by atoms with Gasteiger partial charge in [-0.1, -0.05) is 13.8 Å². The fourth-order valence-corrected chi connectivity index (χ4v) is 4.35. The van der Waals surface area contributed by atoms with E-state index in [1.54, 1.807) is 0 Å². The van der Waals surface area contributed by atoms with Gasteiger partial charge in [0.05, 0.1) is 0 Å². The standard InChI is InChI=1S/C15H30N4S.HI/c1-12(2)14-11-19(8-9-20-14)15(16-3)17-10-13-6-5-7-18(13)4;/h12-14H,5-11H2,1-4H3,(H,16,17);1H. The van der Waals surface area contributed by atoms with E-state index in [2.05, 4.69) is 52.8 Å². The fourth-order valence-electron chi connectivity index (χ4n) is 3.05. The first-order valence-corrected chi connectivity index (χ1v) is 8.94. The monoisotopic (exact) mass is 426 g/mol. The summed E-state index contributed by atoms with van der Waals surface area (Å²) in [6, 6.07) is 0.673. The first-order chi connectivity index (χ1) is 9.61. The van der Waals surface area contributed by atoms with E-state index in [9.17, 15) is 0 Å². The maximum absolute atomic E-state index is 4.50. The summed E-state index contributed by atoms with van der Waals surface area (Å²) in [6.45, 7) is 9.16. The predicted molar refractivity (Wildman–Crippen MR) is 105 cm³/mol. The number of guanidine groups is 1. The van der Waals surface area contributed by atoms with Crippen LogP contribution < -0.4 is 5.32 Å². The van der Waals surface area contributed by atoms with Gasteiger partial charge in [-0.15, -0.1) is 24.0 Å². The van der Waals surface area contributed by atoms with Crippen LogP contribution in [0.25, 0.3) is 0 Å². The number of nitrogens with one attached hydrogen (secondary N) is 1. The normalized spacial score (nSPS) is 27.9. The molecule has 0 aromatic rings. The minimum absolute atomic E-state index is 0. The quantitative estimate of drug-likeness (QED) is 0.427. The molecule has 2 atom stereocenters. The Balaban J connectivity index is 0.00000220. The fraction of sp³-hybridized carbons (Fsp3) is 0.933. The van der Waals surface area contributed by atoms with Gasteiger partial charge in [-0.05, 0) is 32.4 Å². The average Bonchev–Trinajstić information content (AvgIpc) is 2.85. The van der Waals surface area contributed by atoms with Gasteiger partial charge in [0.15, 0.2) is 5.96 Å². The molecule has 2 rings (SSSR count). The molecule has 0 aromatic heterocycles. The van der Waals surface area contributed by atoms with E-state index in [0.717, 1.165) is 36.8 Å². The number of thioether (sulfide) groups is 1.